The fourth-order valence-corrected chi connectivity index (χ4v) is 2.35. The fourth-order valence-electron chi connectivity index (χ4n) is 2.35. The van der Waals surface area contributed by atoms with Crippen LogP contribution in [0.25, 0.3) is 0 Å². The molecule has 1 N–H and O–H groups in total. The summed E-state index contributed by atoms with van der Waals surface area (Å²) in [5.74, 6) is 1.06. The number of likely N-dealkylation sites (N-methyl/N-ethyl adjacent to an activating group) is 1. The number of ether oxygens (including phenoxy) is 3. The Balaban J connectivity index is 1.84. The van der Waals surface area contributed by atoms with Crippen molar-refractivity contribution in [3.63, 3.8) is 0 Å². The minimum atomic E-state index is -0.174. The highest BCUT2D eigenvalue weighted by molar-refractivity contribution is 5.79. The summed E-state index contributed by atoms with van der Waals surface area (Å²) in [5, 5.41) is 2.83. The van der Waals surface area contributed by atoms with Crippen LogP contribution in [0.15, 0.2) is 18.2 Å². The third-order valence-electron chi connectivity index (χ3n) is 3.69. The Hall–Kier alpha value is -2.28. The highest BCUT2D eigenvalue weighted by Gasteiger charge is 2.23. The minimum absolute atomic E-state index is 0.0436. The summed E-state index contributed by atoms with van der Waals surface area (Å²) in [6, 6.07) is 5.37. The topological polar surface area (TPSA) is 77.1 Å². The second-order valence-corrected chi connectivity index (χ2v) is 5.38. The average molecular weight is 322 g/mol. The van der Waals surface area contributed by atoms with Crippen LogP contribution >= 0.6 is 0 Å². The first-order valence-corrected chi connectivity index (χ1v) is 7.36. The van der Waals surface area contributed by atoms with Crippen molar-refractivity contribution in [2.24, 2.45) is 0 Å². The number of morpholine rings is 1. The van der Waals surface area contributed by atoms with Crippen molar-refractivity contribution in [2.45, 2.75) is 12.5 Å². The van der Waals surface area contributed by atoms with Gasteiger partial charge in [-0.1, -0.05) is 6.07 Å². The van der Waals surface area contributed by atoms with E-state index in [4.69, 9.17) is 14.2 Å². The molecular weight excluding hydrogens is 300 g/mol. The largest absolute Gasteiger partial charge is 0.493 e. The van der Waals surface area contributed by atoms with Gasteiger partial charge >= 0.3 is 0 Å². The maximum atomic E-state index is 12.0. The van der Waals surface area contributed by atoms with Crippen molar-refractivity contribution in [2.75, 3.05) is 41.0 Å². The number of carbonyl (C=O) groups is 2. The Morgan fingerprint density at radius 3 is 2.74 bits per heavy atom. The van der Waals surface area contributed by atoms with Crippen LogP contribution in [0.1, 0.15) is 5.56 Å². The molecule has 1 heterocycles. The molecule has 1 unspecified atom stereocenters. The number of nitrogens with one attached hydrogen (secondary N) is 1. The molecule has 1 atom stereocenters. The molecule has 2 rings (SSSR count). The summed E-state index contributed by atoms with van der Waals surface area (Å²) in [5.41, 5.74) is 0.831. The molecule has 0 spiro atoms. The molecule has 1 aliphatic heterocycles. The van der Waals surface area contributed by atoms with Gasteiger partial charge in [0.2, 0.25) is 11.8 Å². The van der Waals surface area contributed by atoms with E-state index in [1.54, 1.807) is 38.3 Å². The van der Waals surface area contributed by atoms with Crippen LogP contribution in [0.5, 0.6) is 11.5 Å². The smallest absolute Gasteiger partial charge is 0.248 e. The van der Waals surface area contributed by atoms with Crippen molar-refractivity contribution in [1.82, 2.24) is 10.2 Å². The molecule has 1 aliphatic rings. The summed E-state index contributed by atoms with van der Waals surface area (Å²) < 4.78 is 15.8. The Labute approximate surface area is 135 Å². The lowest BCUT2D eigenvalue weighted by Gasteiger charge is -2.29. The highest BCUT2D eigenvalue weighted by atomic mass is 16.5. The molecule has 2 amide bonds. The zero-order valence-electron chi connectivity index (χ0n) is 13.6. The van der Waals surface area contributed by atoms with Gasteiger partial charge in [-0.25, -0.2) is 0 Å². The Morgan fingerprint density at radius 2 is 2.09 bits per heavy atom. The number of nitrogens with zero attached hydrogens (tertiary/aromatic N) is 1. The quantitative estimate of drug-likeness (QED) is 0.811. The Morgan fingerprint density at radius 1 is 1.35 bits per heavy atom. The van der Waals surface area contributed by atoms with Gasteiger partial charge in [0, 0.05) is 20.1 Å². The second kappa shape index (κ2) is 7.82. The van der Waals surface area contributed by atoms with Crippen LogP contribution in [0.2, 0.25) is 0 Å². The van der Waals surface area contributed by atoms with Gasteiger partial charge < -0.3 is 24.4 Å². The lowest BCUT2D eigenvalue weighted by molar-refractivity contribution is -0.146. The summed E-state index contributed by atoms with van der Waals surface area (Å²) in [4.78, 5) is 25.0. The number of benzene rings is 1. The first-order valence-electron chi connectivity index (χ1n) is 7.36. The van der Waals surface area contributed by atoms with E-state index in [2.05, 4.69) is 5.32 Å². The maximum Gasteiger partial charge on any atom is 0.248 e. The van der Waals surface area contributed by atoms with Gasteiger partial charge in [0.1, 0.15) is 6.61 Å². The molecule has 126 valence electrons. The molecule has 1 fully saturated rings. The van der Waals surface area contributed by atoms with Crippen molar-refractivity contribution >= 4 is 11.8 Å². The van der Waals surface area contributed by atoms with Gasteiger partial charge in [0.25, 0.3) is 0 Å². The second-order valence-electron chi connectivity index (χ2n) is 5.38. The number of rotatable bonds is 6. The van der Waals surface area contributed by atoms with E-state index in [1.807, 2.05) is 6.07 Å². The molecule has 0 aromatic heterocycles. The molecule has 23 heavy (non-hydrogen) atoms. The van der Waals surface area contributed by atoms with E-state index in [9.17, 15) is 9.59 Å². The monoisotopic (exact) mass is 322 g/mol. The number of amides is 2. The van der Waals surface area contributed by atoms with Crippen LogP contribution < -0.4 is 14.8 Å². The predicted molar refractivity (Wildman–Crippen MR) is 83.6 cm³/mol. The molecule has 7 heteroatoms. The Bertz CT molecular complexity index is 576. The van der Waals surface area contributed by atoms with Crippen LogP contribution in [-0.2, 0) is 20.7 Å². The predicted octanol–water partition coefficient (Wildman–Crippen LogP) is 0.220. The lowest BCUT2D eigenvalue weighted by atomic mass is 10.1. The Kier molecular flexibility index (Phi) is 5.81. The van der Waals surface area contributed by atoms with E-state index in [0.717, 1.165) is 5.56 Å². The molecule has 0 radical (unpaired) electrons. The number of hydrogen-bond acceptors (Lipinski definition) is 5. The van der Waals surface area contributed by atoms with Gasteiger partial charge in [0.05, 0.1) is 26.7 Å². The average Bonchev–Trinajstić information content (AvgIpc) is 2.55. The van der Waals surface area contributed by atoms with Gasteiger partial charge in [-0.15, -0.1) is 0 Å². The fraction of sp³-hybridized carbons (Fsp3) is 0.500. The van der Waals surface area contributed by atoms with E-state index >= 15 is 0 Å². The summed E-state index contributed by atoms with van der Waals surface area (Å²) >= 11 is 0. The summed E-state index contributed by atoms with van der Waals surface area (Å²) in [7, 11) is 4.85. The van der Waals surface area contributed by atoms with E-state index < -0.39 is 0 Å². The van der Waals surface area contributed by atoms with Crippen LogP contribution in [-0.4, -0.2) is 63.8 Å². The highest BCUT2D eigenvalue weighted by Crippen LogP contribution is 2.27. The number of hydrogen-bond donors (Lipinski definition) is 1. The van der Waals surface area contributed by atoms with Crippen molar-refractivity contribution in [3.8, 4) is 11.5 Å². The normalized spacial score (nSPS) is 17.8. The van der Waals surface area contributed by atoms with E-state index in [0.29, 0.717) is 24.6 Å². The van der Waals surface area contributed by atoms with Crippen molar-refractivity contribution in [1.29, 1.82) is 0 Å². The third-order valence-corrected chi connectivity index (χ3v) is 3.69. The zero-order chi connectivity index (χ0) is 16.8. The number of methoxy groups -OCH3 is 2. The lowest BCUT2D eigenvalue weighted by Crippen LogP contribution is -2.48. The number of carbonyl (C=O) groups excluding carboxylic acids is 2. The molecule has 1 aromatic rings. The molecule has 1 aromatic carbocycles. The van der Waals surface area contributed by atoms with Crippen LogP contribution in [0.4, 0.5) is 0 Å². The zero-order valence-corrected chi connectivity index (χ0v) is 13.6. The first kappa shape index (κ1) is 17.1. The summed E-state index contributed by atoms with van der Waals surface area (Å²) in [6.07, 6.45) is 0.0639. The van der Waals surface area contributed by atoms with E-state index in [1.165, 1.54) is 0 Å². The van der Waals surface area contributed by atoms with Gasteiger partial charge in [-0.2, -0.15) is 0 Å². The summed E-state index contributed by atoms with van der Waals surface area (Å²) in [6.45, 7) is 0.923. The molecule has 0 bridgehead atoms. The van der Waals surface area contributed by atoms with Crippen molar-refractivity contribution < 1.29 is 23.8 Å². The SMILES string of the molecule is COc1ccc(CC(=O)NCC2CN(C)C(=O)CO2)cc1OC. The van der Waals surface area contributed by atoms with Gasteiger partial charge in [-0.3, -0.25) is 9.59 Å². The third kappa shape index (κ3) is 4.59. The van der Waals surface area contributed by atoms with Crippen molar-refractivity contribution in [3.05, 3.63) is 23.8 Å². The van der Waals surface area contributed by atoms with Crippen LogP contribution in [0, 0.1) is 0 Å². The first-order chi connectivity index (χ1) is 11.0. The van der Waals surface area contributed by atoms with Gasteiger partial charge in [-0.05, 0) is 17.7 Å². The van der Waals surface area contributed by atoms with E-state index in [-0.39, 0.29) is 30.9 Å². The van der Waals surface area contributed by atoms with Crippen LogP contribution in [0.3, 0.4) is 0 Å². The molecular formula is C16H22N2O5. The molecule has 0 aliphatic carbocycles. The maximum absolute atomic E-state index is 12.0. The molecule has 1 saturated heterocycles. The standard InChI is InChI=1S/C16H22N2O5/c1-18-9-12(23-10-16(18)20)8-17-15(19)7-11-4-5-13(21-2)14(6-11)22-3/h4-6,12H,7-10H2,1-3H3,(H,17,19). The molecule has 7 nitrogen and oxygen atoms in total. The van der Waals surface area contributed by atoms with Gasteiger partial charge in [0.15, 0.2) is 11.5 Å². The minimum Gasteiger partial charge on any atom is -0.493 e. The molecule has 0 saturated carbocycles.